The number of carbonyl (C=O) groups excluding carboxylic acids is 2. The zero-order valence-corrected chi connectivity index (χ0v) is 11.4. The molecule has 0 aromatic heterocycles. The fraction of sp³-hybridized carbons (Fsp3) is 0.385. The number of rotatable bonds is 4. The summed E-state index contributed by atoms with van der Waals surface area (Å²) in [6.07, 6.45) is 0.164. The summed E-state index contributed by atoms with van der Waals surface area (Å²) in [5.41, 5.74) is 6.79. The number of urea groups is 1. The molecular weight excluding hydrogens is 246 g/mol. The van der Waals surface area contributed by atoms with Gasteiger partial charge in [-0.15, -0.1) is 0 Å². The van der Waals surface area contributed by atoms with Crippen LogP contribution in [-0.2, 0) is 4.79 Å². The Hall–Kier alpha value is -2.24. The average Bonchev–Trinajstić information content (AvgIpc) is 2.40. The second-order valence-electron chi connectivity index (χ2n) is 4.10. The van der Waals surface area contributed by atoms with E-state index < -0.39 is 6.03 Å². The van der Waals surface area contributed by atoms with Crippen LogP contribution in [0.25, 0.3) is 0 Å². The van der Waals surface area contributed by atoms with Crippen LogP contribution >= 0.6 is 0 Å². The van der Waals surface area contributed by atoms with Crippen molar-refractivity contribution in [1.29, 1.82) is 0 Å². The number of hydrazine groups is 1. The van der Waals surface area contributed by atoms with Crippen LogP contribution < -0.4 is 20.9 Å². The number of benzene rings is 1. The quantitative estimate of drug-likeness (QED) is 0.711. The van der Waals surface area contributed by atoms with E-state index in [1.54, 1.807) is 0 Å². The van der Waals surface area contributed by atoms with E-state index in [9.17, 15) is 9.59 Å². The van der Waals surface area contributed by atoms with Crippen molar-refractivity contribution in [1.82, 2.24) is 16.2 Å². The predicted molar refractivity (Wildman–Crippen MR) is 71.8 cm³/mol. The Morgan fingerprint density at radius 3 is 2.53 bits per heavy atom. The van der Waals surface area contributed by atoms with E-state index in [2.05, 4.69) is 16.2 Å². The molecule has 0 saturated heterocycles. The van der Waals surface area contributed by atoms with Crippen molar-refractivity contribution in [2.45, 2.75) is 20.3 Å². The molecule has 6 heteroatoms. The molecule has 0 aliphatic carbocycles. The fourth-order valence-electron chi connectivity index (χ4n) is 1.32. The largest absolute Gasteiger partial charge is 0.493 e. The highest BCUT2D eigenvalue weighted by atomic mass is 16.5. The summed E-state index contributed by atoms with van der Waals surface area (Å²) in [5.74, 6) is 0.419. The lowest BCUT2D eigenvalue weighted by Gasteiger charge is -2.09. The van der Waals surface area contributed by atoms with Gasteiger partial charge in [0.25, 0.3) is 0 Å². The van der Waals surface area contributed by atoms with Crippen molar-refractivity contribution in [3.63, 3.8) is 0 Å². The lowest BCUT2D eigenvalue weighted by molar-refractivity contribution is -0.122. The third-order valence-electron chi connectivity index (χ3n) is 2.62. The molecule has 0 saturated carbocycles. The number of carbonyl (C=O) groups is 2. The SMILES string of the molecule is CNC(=O)NNC(=O)CCOc1ccc(C)c(C)c1. The molecule has 3 amide bonds. The summed E-state index contributed by atoms with van der Waals surface area (Å²) in [7, 11) is 1.46. The number of hydrogen-bond acceptors (Lipinski definition) is 3. The Morgan fingerprint density at radius 1 is 1.16 bits per heavy atom. The van der Waals surface area contributed by atoms with Crippen LogP contribution in [-0.4, -0.2) is 25.6 Å². The lowest BCUT2D eigenvalue weighted by Crippen LogP contribution is -2.46. The number of nitrogens with one attached hydrogen (secondary N) is 3. The Labute approximate surface area is 112 Å². The first kappa shape index (κ1) is 14.8. The summed E-state index contributed by atoms with van der Waals surface area (Å²) in [5, 5.41) is 2.32. The second-order valence-corrected chi connectivity index (χ2v) is 4.10. The molecule has 0 atom stereocenters. The molecule has 0 heterocycles. The van der Waals surface area contributed by atoms with Crippen molar-refractivity contribution in [2.24, 2.45) is 0 Å². The highest BCUT2D eigenvalue weighted by molar-refractivity contribution is 5.80. The minimum Gasteiger partial charge on any atom is -0.493 e. The zero-order chi connectivity index (χ0) is 14.3. The van der Waals surface area contributed by atoms with E-state index in [1.165, 1.54) is 12.6 Å². The number of ether oxygens (including phenoxy) is 1. The summed E-state index contributed by atoms with van der Waals surface area (Å²) in [6.45, 7) is 4.28. The van der Waals surface area contributed by atoms with Gasteiger partial charge in [-0.05, 0) is 37.1 Å². The molecule has 1 aromatic rings. The molecule has 0 aliphatic heterocycles. The standard InChI is InChI=1S/C13H19N3O3/c1-9-4-5-11(8-10(9)2)19-7-6-12(17)15-16-13(18)14-3/h4-5,8H,6-7H2,1-3H3,(H,15,17)(H2,14,16,18). The summed E-state index contributed by atoms with van der Waals surface area (Å²) < 4.78 is 5.46. The van der Waals surface area contributed by atoms with Gasteiger partial charge in [0.05, 0.1) is 13.0 Å². The van der Waals surface area contributed by atoms with Crippen LogP contribution in [0.2, 0.25) is 0 Å². The summed E-state index contributed by atoms with van der Waals surface area (Å²) >= 11 is 0. The van der Waals surface area contributed by atoms with Crippen LogP contribution in [0.4, 0.5) is 4.79 Å². The van der Waals surface area contributed by atoms with Crippen LogP contribution in [0.1, 0.15) is 17.5 Å². The highest BCUT2D eigenvalue weighted by Crippen LogP contribution is 2.16. The smallest absolute Gasteiger partial charge is 0.333 e. The fourth-order valence-corrected chi connectivity index (χ4v) is 1.32. The summed E-state index contributed by atoms with van der Waals surface area (Å²) in [4.78, 5) is 22.2. The van der Waals surface area contributed by atoms with E-state index in [4.69, 9.17) is 4.74 Å². The predicted octanol–water partition coefficient (Wildman–Crippen LogP) is 1.03. The first-order valence-corrected chi connectivity index (χ1v) is 5.99. The van der Waals surface area contributed by atoms with Crippen LogP contribution in [0.3, 0.4) is 0 Å². The maximum atomic E-state index is 11.3. The molecule has 1 aromatic carbocycles. The Balaban J connectivity index is 2.28. The van der Waals surface area contributed by atoms with Gasteiger partial charge < -0.3 is 10.1 Å². The lowest BCUT2D eigenvalue weighted by atomic mass is 10.1. The van der Waals surface area contributed by atoms with Gasteiger partial charge in [0.2, 0.25) is 5.91 Å². The molecule has 19 heavy (non-hydrogen) atoms. The van der Waals surface area contributed by atoms with Gasteiger partial charge in [-0.25, -0.2) is 10.2 Å². The van der Waals surface area contributed by atoms with Crippen LogP contribution in [0.15, 0.2) is 18.2 Å². The highest BCUT2D eigenvalue weighted by Gasteiger charge is 2.03. The first-order chi connectivity index (χ1) is 9.02. The van der Waals surface area contributed by atoms with E-state index in [0.717, 1.165) is 11.3 Å². The summed E-state index contributed by atoms with van der Waals surface area (Å²) in [6, 6.07) is 5.29. The molecule has 0 fully saturated rings. The minimum atomic E-state index is -0.469. The Kier molecular flexibility index (Phi) is 5.66. The van der Waals surface area contributed by atoms with Gasteiger partial charge in [-0.1, -0.05) is 6.07 Å². The molecule has 1 rings (SSSR count). The van der Waals surface area contributed by atoms with Crippen LogP contribution in [0.5, 0.6) is 5.75 Å². The first-order valence-electron chi connectivity index (χ1n) is 5.99. The van der Waals surface area contributed by atoms with Crippen molar-refractivity contribution < 1.29 is 14.3 Å². The van der Waals surface area contributed by atoms with E-state index in [0.29, 0.717) is 0 Å². The molecule has 0 spiro atoms. The Morgan fingerprint density at radius 2 is 1.89 bits per heavy atom. The normalized spacial score (nSPS) is 9.63. The van der Waals surface area contributed by atoms with E-state index in [1.807, 2.05) is 32.0 Å². The second kappa shape index (κ2) is 7.25. The van der Waals surface area contributed by atoms with Crippen LogP contribution in [0, 0.1) is 13.8 Å². The number of aryl methyl sites for hydroxylation is 2. The van der Waals surface area contributed by atoms with Gasteiger partial charge in [-0.2, -0.15) is 0 Å². The average molecular weight is 265 g/mol. The Bertz CT molecular complexity index is 460. The van der Waals surface area contributed by atoms with Crippen molar-refractivity contribution in [3.05, 3.63) is 29.3 Å². The maximum absolute atomic E-state index is 11.3. The molecule has 0 radical (unpaired) electrons. The molecule has 0 aliphatic rings. The third-order valence-corrected chi connectivity index (χ3v) is 2.62. The molecule has 0 bridgehead atoms. The zero-order valence-electron chi connectivity index (χ0n) is 11.4. The molecule has 6 nitrogen and oxygen atoms in total. The van der Waals surface area contributed by atoms with Gasteiger partial charge in [0.15, 0.2) is 0 Å². The topological polar surface area (TPSA) is 79.5 Å². The van der Waals surface area contributed by atoms with Crippen molar-refractivity contribution in [3.8, 4) is 5.75 Å². The molecular formula is C13H19N3O3. The number of amides is 3. The van der Waals surface area contributed by atoms with E-state index >= 15 is 0 Å². The molecule has 0 unspecified atom stereocenters. The molecule has 104 valence electrons. The van der Waals surface area contributed by atoms with Gasteiger partial charge in [0, 0.05) is 7.05 Å². The number of hydrogen-bond donors (Lipinski definition) is 3. The molecule has 3 N–H and O–H groups in total. The van der Waals surface area contributed by atoms with Gasteiger partial charge in [-0.3, -0.25) is 10.2 Å². The van der Waals surface area contributed by atoms with Gasteiger partial charge in [0.1, 0.15) is 5.75 Å². The monoisotopic (exact) mass is 265 g/mol. The maximum Gasteiger partial charge on any atom is 0.333 e. The van der Waals surface area contributed by atoms with Crippen molar-refractivity contribution in [2.75, 3.05) is 13.7 Å². The minimum absolute atomic E-state index is 0.164. The van der Waals surface area contributed by atoms with E-state index in [-0.39, 0.29) is 18.9 Å². The van der Waals surface area contributed by atoms with Crippen molar-refractivity contribution >= 4 is 11.9 Å². The van der Waals surface area contributed by atoms with Gasteiger partial charge >= 0.3 is 6.03 Å². The third kappa shape index (κ3) is 5.29.